The van der Waals surface area contributed by atoms with Crippen molar-refractivity contribution in [1.82, 2.24) is 20.9 Å². The maximum absolute atomic E-state index is 14.0. The van der Waals surface area contributed by atoms with Gasteiger partial charge in [-0.3, -0.25) is 24.1 Å². The van der Waals surface area contributed by atoms with Crippen molar-refractivity contribution in [2.75, 3.05) is 38.2 Å². The van der Waals surface area contributed by atoms with Crippen LogP contribution in [-0.4, -0.2) is 97.9 Å². The molecule has 2 rings (SSSR count). The van der Waals surface area contributed by atoms with Crippen molar-refractivity contribution in [3.8, 4) is 0 Å². The first-order chi connectivity index (χ1) is 23.7. The van der Waals surface area contributed by atoms with E-state index in [1.807, 2.05) is 0 Å². The number of urea groups is 1. The Morgan fingerprint density at radius 1 is 0.960 bits per heavy atom. The van der Waals surface area contributed by atoms with Gasteiger partial charge in [0.05, 0.1) is 19.2 Å². The molecule has 280 valence electrons. The number of esters is 1. The van der Waals surface area contributed by atoms with E-state index < -0.39 is 54.2 Å². The molecule has 1 aliphatic rings. The summed E-state index contributed by atoms with van der Waals surface area (Å²) in [6.45, 7) is 9.47. The van der Waals surface area contributed by atoms with Crippen molar-refractivity contribution in [2.24, 2.45) is 17.6 Å². The van der Waals surface area contributed by atoms with Crippen LogP contribution in [0.3, 0.4) is 0 Å². The summed E-state index contributed by atoms with van der Waals surface area (Å²) >= 11 is 0. The number of alkyl halides is 1. The number of carbonyl (C=O) groups excluding carboxylic acids is 6. The third kappa shape index (κ3) is 15.8. The van der Waals surface area contributed by atoms with Crippen LogP contribution in [0.25, 0.3) is 0 Å². The minimum atomic E-state index is -1.25. The number of likely N-dealkylation sites (tertiary alicyclic amines) is 1. The van der Waals surface area contributed by atoms with Gasteiger partial charge in [-0.05, 0) is 48.8 Å². The number of ether oxygens (including phenoxy) is 3. The number of rotatable bonds is 20. The molecule has 1 aliphatic heterocycles. The first-order valence-electron chi connectivity index (χ1n) is 17.0. The normalized spacial score (nSPS) is 16.8. The second-order valence-electron chi connectivity index (χ2n) is 13.0. The number of primary amides is 1. The predicted octanol–water partition coefficient (Wildman–Crippen LogP) is 2.76. The summed E-state index contributed by atoms with van der Waals surface area (Å²) in [5.74, 6) is -1.76. The molecule has 0 bridgehead atoms. The third-order valence-corrected chi connectivity index (χ3v) is 7.84. The second-order valence-corrected chi connectivity index (χ2v) is 13.0. The van der Waals surface area contributed by atoms with Crippen LogP contribution < -0.4 is 27.0 Å². The Hall–Kier alpha value is -4.47. The van der Waals surface area contributed by atoms with Gasteiger partial charge in [-0.15, -0.1) is 0 Å². The molecule has 4 atom stereocenters. The van der Waals surface area contributed by atoms with Crippen molar-refractivity contribution < 1.29 is 47.4 Å². The SMILES string of the molecule is CC(=O)OC[C@@H]1C[C@H](F)CN1C(=O)OCc1ccc(NC(=O)[C@H](CCCNC(N)=O)NC(=O)[C@@H](NC(=O)CCOCCC(C)C)C(C)C)cc1. The Morgan fingerprint density at radius 3 is 2.28 bits per heavy atom. The average molecular weight is 709 g/mol. The van der Waals surface area contributed by atoms with Gasteiger partial charge in [0, 0.05) is 38.6 Å². The fourth-order valence-electron chi connectivity index (χ4n) is 5.01. The highest BCUT2D eigenvalue weighted by Gasteiger charge is 2.37. The molecule has 0 unspecified atom stereocenters. The van der Waals surface area contributed by atoms with E-state index in [2.05, 4.69) is 35.1 Å². The second kappa shape index (κ2) is 21.6. The van der Waals surface area contributed by atoms with Crippen LogP contribution in [0.5, 0.6) is 0 Å². The number of hydrogen-bond acceptors (Lipinski definition) is 9. The molecule has 1 aromatic carbocycles. The molecular weight excluding hydrogens is 655 g/mol. The predicted molar refractivity (Wildman–Crippen MR) is 182 cm³/mol. The van der Waals surface area contributed by atoms with E-state index in [1.54, 1.807) is 38.1 Å². The van der Waals surface area contributed by atoms with Crippen molar-refractivity contribution in [1.29, 1.82) is 0 Å². The highest BCUT2D eigenvalue weighted by atomic mass is 19.1. The number of anilines is 1. The molecular formula is C34H53FN6O9. The van der Waals surface area contributed by atoms with Crippen LogP contribution in [0, 0.1) is 11.8 Å². The quantitative estimate of drug-likeness (QED) is 0.0996. The van der Waals surface area contributed by atoms with Gasteiger partial charge >= 0.3 is 18.1 Å². The van der Waals surface area contributed by atoms with Crippen LogP contribution in [0.1, 0.15) is 72.3 Å². The highest BCUT2D eigenvalue weighted by Crippen LogP contribution is 2.22. The molecule has 0 spiro atoms. The minimum Gasteiger partial charge on any atom is -0.464 e. The van der Waals surface area contributed by atoms with Crippen LogP contribution >= 0.6 is 0 Å². The fourth-order valence-corrected chi connectivity index (χ4v) is 5.01. The molecule has 1 heterocycles. The van der Waals surface area contributed by atoms with Crippen LogP contribution in [0.15, 0.2) is 24.3 Å². The molecule has 0 aliphatic carbocycles. The van der Waals surface area contributed by atoms with E-state index in [-0.39, 0.29) is 64.0 Å². The molecule has 16 heteroatoms. The molecule has 6 N–H and O–H groups in total. The summed E-state index contributed by atoms with van der Waals surface area (Å²) in [7, 11) is 0. The number of hydrogen-bond donors (Lipinski definition) is 5. The number of halogens is 1. The van der Waals surface area contributed by atoms with Crippen LogP contribution in [0.2, 0.25) is 0 Å². The van der Waals surface area contributed by atoms with Crippen molar-refractivity contribution in [3.05, 3.63) is 29.8 Å². The molecule has 15 nitrogen and oxygen atoms in total. The molecule has 0 aromatic heterocycles. The number of nitrogens with zero attached hydrogens (tertiary/aromatic N) is 1. The topological polar surface area (TPSA) is 207 Å². The maximum atomic E-state index is 14.0. The van der Waals surface area contributed by atoms with E-state index in [4.69, 9.17) is 19.9 Å². The zero-order valence-corrected chi connectivity index (χ0v) is 29.6. The van der Waals surface area contributed by atoms with Gasteiger partial charge in [0.2, 0.25) is 17.7 Å². The zero-order chi connectivity index (χ0) is 37.2. The molecule has 6 amide bonds. The largest absolute Gasteiger partial charge is 0.464 e. The van der Waals surface area contributed by atoms with E-state index in [1.165, 1.54) is 11.8 Å². The fraction of sp³-hybridized carbons (Fsp3) is 0.647. The molecule has 0 radical (unpaired) electrons. The molecule has 50 heavy (non-hydrogen) atoms. The van der Waals surface area contributed by atoms with E-state index in [0.717, 1.165) is 6.42 Å². The van der Waals surface area contributed by atoms with Crippen molar-refractivity contribution >= 4 is 41.5 Å². The zero-order valence-electron chi connectivity index (χ0n) is 29.6. The first-order valence-corrected chi connectivity index (χ1v) is 17.0. The summed E-state index contributed by atoms with van der Waals surface area (Å²) in [5.41, 5.74) is 6.13. The lowest BCUT2D eigenvalue weighted by molar-refractivity contribution is -0.142. The third-order valence-electron chi connectivity index (χ3n) is 7.84. The van der Waals surface area contributed by atoms with E-state index in [9.17, 15) is 33.2 Å². The summed E-state index contributed by atoms with van der Waals surface area (Å²) in [4.78, 5) is 75.4. The summed E-state index contributed by atoms with van der Waals surface area (Å²) in [5, 5.41) is 10.7. The van der Waals surface area contributed by atoms with E-state index >= 15 is 0 Å². The summed E-state index contributed by atoms with van der Waals surface area (Å²) in [6.07, 6.45) is -0.517. The van der Waals surface area contributed by atoms with Crippen LogP contribution in [0.4, 0.5) is 19.7 Å². The van der Waals surface area contributed by atoms with Crippen LogP contribution in [-0.2, 0) is 40.0 Å². The molecule has 1 aromatic rings. The van der Waals surface area contributed by atoms with E-state index in [0.29, 0.717) is 30.2 Å². The average Bonchev–Trinajstić information content (AvgIpc) is 3.43. The Kier molecular flexibility index (Phi) is 18.0. The lowest BCUT2D eigenvalue weighted by Gasteiger charge is -2.25. The molecule has 0 saturated carbocycles. The van der Waals surface area contributed by atoms with Gasteiger partial charge in [-0.2, -0.15) is 0 Å². The van der Waals surface area contributed by atoms with Gasteiger partial charge in [-0.25, -0.2) is 14.0 Å². The monoisotopic (exact) mass is 708 g/mol. The van der Waals surface area contributed by atoms with Gasteiger partial charge < -0.3 is 41.2 Å². The van der Waals surface area contributed by atoms with Gasteiger partial charge in [0.1, 0.15) is 31.5 Å². The standard InChI is InChI=1S/C34H53FN6O9/c1-21(2)12-15-48-16-13-29(43)40-30(22(3)4)32(45)39-28(7-6-14-37-33(36)46)31(44)38-26-10-8-24(9-11-26)19-50-34(47)41-18-25(35)17-27(41)20-49-23(5)42/h8-11,21-22,25,27-28,30H,6-7,12-20H2,1-5H3,(H,38,44)(H,39,45)(H,40,43)(H3,36,37,46)/t25-,27-,28-,30-/m0/s1. The Morgan fingerprint density at radius 2 is 1.66 bits per heavy atom. The first kappa shape index (κ1) is 41.7. The van der Waals surface area contributed by atoms with Crippen molar-refractivity contribution in [3.63, 3.8) is 0 Å². The summed E-state index contributed by atoms with van der Waals surface area (Å²) in [6, 6.07) is 3.17. The number of carbonyl (C=O) groups is 6. The number of nitrogens with one attached hydrogen (secondary N) is 4. The number of nitrogens with two attached hydrogens (primary N) is 1. The lowest BCUT2D eigenvalue weighted by atomic mass is 10.0. The number of amides is 6. The Balaban J connectivity index is 1.99. The Bertz CT molecular complexity index is 1280. The summed E-state index contributed by atoms with van der Waals surface area (Å²) < 4.78 is 29.8. The van der Waals surface area contributed by atoms with Crippen molar-refractivity contribution in [2.45, 2.75) is 97.6 Å². The van der Waals surface area contributed by atoms with Gasteiger partial charge in [0.25, 0.3) is 0 Å². The van der Waals surface area contributed by atoms with Gasteiger partial charge in [0.15, 0.2) is 0 Å². The lowest BCUT2D eigenvalue weighted by Crippen LogP contribution is -2.54. The highest BCUT2D eigenvalue weighted by molar-refractivity contribution is 5.98. The smallest absolute Gasteiger partial charge is 0.410 e. The maximum Gasteiger partial charge on any atom is 0.410 e. The molecule has 1 fully saturated rings. The molecule has 1 saturated heterocycles. The Labute approximate surface area is 292 Å². The minimum absolute atomic E-state index is 0.0424. The van der Waals surface area contributed by atoms with Gasteiger partial charge in [-0.1, -0.05) is 39.8 Å². The number of benzene rings is 1.